The van der Waals surface area contributed by atoms with Crippen LogP contribution in [0.25, 0.3) is 0 Å². The Kier molecular flexibility index (Phi) is 8.45. The molecule has 0 bridgehead atoms. The maximum Gasteiger partial charge on any atom is 0.416 e. The summed E-state index contributed by atoms with van der Waals surface area (Å²) in [6.07, 6.45) is 2.07. The number of alkyl halides is 2. The number of rotatable bonds is 6. The Balaban J connectivity index is 2.09. The number of hydrazine groups is 1. The van der Waals surface area contributed by atoms with Gasteiger partial charge in [0.15, 0.2) is 0 Å². The second kappa shape index (κ2) is 11.0. The minimum absolute atomic E-state index is 0.0214. The van der Waals surface area contributed by atoms with Crippen LogP contribution in [0.4, 0.5) is 25.3 Å². The summed E-state index contributed by atoms with van der Waals surface area (Å²) in [5.41, 5.74) is 0.231. The quantitative estimate of drug-likeness (QED) is 0.337. The van der Waals surface area contributed by atoms with Crippen molar-refractivity contribution in [1.29, 1.82) is 0 Å². The van der Waals surface area contributed by atoms with Crippen molar-refractivity contribution in [1.82, 2.24) is 9.97 Å². The zero-order chi connectivity index (χ0) is 26.7. The maximum atomic E-state index is 13.9. The van der Waals surface area contributed by atoms with Crippen LogP contribution in [0.2, 0.25) is 0 Å². The number of carbonyl (C=O) groups excluding carboxylic acids is 2. The van der Waals surface area contributed by atoms with Crippen LogP contribution in [-0.4, -0.2) is 52.6 Å². The third-order valence-electron chi connectivity index (χ3n) is 5.88. The van der Waals surface area contributed by atoms with E-state index >= 15 is 0 Å². The molecule has 1 amide bonds. The highest BCUT2D eigenvalue weighted by Gasteiger charge is 2.41. The van der Waals surface area contributed by atoms with Gasteiger partial charge < -0.3 is 9.47 Å². The van der Waals surface area contributed by atoms with Crippen molar-refractivity contribution in [3.63, 3.8) is 0 Å². The fourth-order valence-corrected chi connectivity index (χ4v) is 4.05. The molecule has 1 unspecified atom stereocenters. The first kappa shape index (κ1) is 27.7. The zero-order valence-electron chi connectivity index (χ0n) is 21.3. The van der Waals surface area contributed by atoms with E-state index in [-0.39, 0.29) is 56.3 Å². The Labute approximate surface area is 210 Å². The molecule has 2 fully saturated rings. The molecule has 1 aliphatic heterocycles. The molecule has 1 aromatic heterocycles. The number of anilines is 2. The molecule has 2 N–H and O–H groups in total. The van der Waals surface area contributed by atoms with Gasteiger partial charge in [-0.3, -0.25) is 14.7 Å². The van der Waals surface area contributed by atoms with E-state index in [9.17, 15) is 18.4 Å². The highest BCUT2D eigenvalue weighted by molar-refractivity contribution is 5.89. The number of hydrogen-bond donors (Lipinski definition) is 1. The molecule has 1 saturated heterocycles. The molecule has 9 nitrogen and oxygen atoms in total. The van der Waals surface area contributed by atoms with Crippen LogP contribution in [-0.2, 0) is 14.3 Å². The molecule has 2 heterocycles. The average molecular weight is 508 g/mol. The van der Waals surface area contributed by atoms with Crippen molar-refractivity contribution in [2.75, 3.05) is 23.1 Å². The van der Waals surface area contributed by atoms with Gasteiger partial charge in [-0.2, -0.15) is 4.98 Å². The van der Waals surface area contributed by atoms with Gasteiger partial charge in [-0.15, -0.1) is 0 Å². The predicted molar refractivity (Wildman–Crippen MR) is 132 cm³/mol. The first-order valence-corrected chi connectivity index (χ1v) is 12.0. The lowest BCUT2D eigenvalue weighted by molar-refractivity contribution is -0.126. The normalized spacial score (nSPS) is 20.9. The Morgan fingerprint density at radius 3 is 2.56 bits per heavy atom. The van der Waals surface area contributed by atoms with Crippen molar-refractivity contribution in [3.05, 3.63) is 36.2 Å². The number of amides is 1. The van der Waals surface area contributed by atoms with Crippen LogP contribution >= 0.6 is 0 Å². The zero-order valence-corrected chi connectivity index (χ0v) is 21.3. The lowest BCUT2D eigenvalue weighted by atomic mass is 9.91. The summed E-state index contributed by atoms with van der Waals surface area (Å²) >= 11 is 0. The summed E-state index contributed by atoms with van der Waals surface area (Å²) in [6, 6.07) is 0.943. The largest absolute Gasteiger partial charge is 0.443 e. The molecular formula is C25H35F2N5O4. The van der Waals surface area contributed by atoms with Crippen molar-refractivity contribution in [2.24, 2.45) is 5.84 Å². The van der Waals surface area contributed by atoms with E-state index in [4.69, 9.17) is 15.3 Å². The predicted octanol–water partition coefficient (Wildman–Crippen LogP) is 4.64. The smallest absolute Gasteiger partial charge is 0.416 e. The van der Waals surface area contributed by atoms with Gasteiger partial charge in [0.2, 0.25) is 11.9 Å². The topological polar surface area (TPSA) is 111 Å². The van der Waals surface area contributed by atoms with E-state index in [1.807, 2.05) is 0 Å². The van der Waals surface area contributed by atoms with Crippen LogP contribution < -0.4 is 15.8 Å². The van der Waals surface area contributed by atoms with Gasteiger partial charge in [-0.25, -0.2) is 24.4 Å². The Hall–Kier alpha value is -2.92. The van der Waals surface area contributed by atoms with Gasteiger partial charge in [0.05, 0.1) is 24.8 Å². The molecular weight excluding hydrogens is 472 g/mol. The molecule has 198 valence electrons. The molecule has 0 aromatic carbocycles. The SMILES string of the molecule is C=C(C)/C=C\N(N)c1nc(C2COCCC2=O)cc(N(C(=O)OC(C)(C)C)C2CCC(F)(F)CC2)n1. The number of nitrogens with two attached hydrogens (primary N) is 1. The summed E-state index contributed by atoms with van der Waals surface area (Å²) in [5, 5.41) is 1.15. The number of allylic oxidation sites excluding steroid dienone is 2. The lowest BCUT2D eigenvalue weighted by Crippen LogP contribution is -2.47. The molecule has 1 atom stereocenters. The summed E-state index contributed by atoms with van der Waals surface area (Å²) in [6.45, 7) is 11.2. The van der Waals surface area contributed by atoms with E-state index in [1.54, 1.807) is 33.8 Å². The summed E-state index contributed by atoms with van der Waals surface area (Å²) in [5.74, 6) is 2.80. The first-order valence-electron chi connectivity index (χ1n) is 12.0. The molecule has 0 spiro atoms. The van der Waals surface area contributed by atoms with E-state index in [2.05, 4.69) is 16.5 Å². The lowest BCUT2D eigenvalue weighted by Gasteiger charge is -2.37. The molecule has 2 aliphatic rings. The fraction of sp³-hybridized carbons (Fsp3) is 0.600. The molecule has 1 aliphatic carbocycles. The van der Waals surface area contributed by atoms with Crippen LogP contribution in [0.5, 0.6) is 0 Å². The molecule has 11 heteroatoms. The van der Waals surface area contributed by atoms with E-state index in [1.165, 1.54) is 17.2 Å². The van der Waals surface area contributed by atoms with Gasteiger partial charge in [0.25, 0.3) is 0 Å². The van der Waals surface area contributed by atoms with Gasteiger partial charge >= 0.3 is 6.09 Å². The highest BCUT2D eigenvalue weighted by atomic mass is 19.3. The van der Waals surface area contributed by atoms with Gasteiger partial charge in [-0.1, -0.05) is 12.2 Å². The maximum absolute atomic E-state index is 13.9. The Morgan fingerprint density at radius 2 is 1.97 bits per heavy atom. The Morgan fingerprint density at radius 1 is 1.31 bits per heavy atom. The van der Waals surface area contributed by atoms with Gasteiger partial charge in [0.1, 0.15) is 17.2 Å². The number of hydrogen-bond acceptors (Lipinski definition) is 8. The van der Waals surface area contributed by atoms with Gasteiger partial charge in [0, 0.05) is 37.6 Å². The monoisotopic (exact) mass is 507 g/mol. The molecule has 3 rings (SSSR count). The second-order valence-corrected chi connectivity index (χ2v) is 10.3. The first-order chi connectivity index (χ1) is 16.8. The van der Waals surface area contributed by atoms with Crippen LogP contribution in [0.3, 0.4) is 0 Å². The van der Waals surface area contributed by atoms with Gasteiger partial charge in [-0.05, 0) is 46.6 Å². The number of halogens is 2. The third kappa shape index (κ3) is 7.30. The number of Topliss-reactive ketones (excluding diaryl/α,β-unsaturated/α-hetero) is 1. The van der Waals surface area contributed by atoms with Crippen LogP contribution in [0, 0.1) is 0 Å². The number of nitrogens with zero attached hydrogens (tertiary/aromatic N) is 4. The van der Waals surface area contributed by atoms with Crippen molar-refractivity contribution < 1.29 is 27.8 Å². The van der Waals surface area contributed by atoms with Crippen molar-refractivity contribution >= 4 is 23.6 Å². The summed E-state index contributed by atoms with van der Waals surface area (Å²) in [7, 11) is 0. The minimum Gasteiger partial charge on any atom is -0.443 e. The third-order valence-corrected chi connectivity index (χ3v) is 5.88. The van der Waals surface area contributed by atoms with Crippen molar-refractivity contribution in [3.8, 4) is 0 Å². The average Bonchev–Trinajstić information content (AvgIpc) is 2.77. The second-order valence-electron chi connectivity index (χ2n) is 10.3. The fourth-order valence-electron chi connectivity index (χ4n) is 4.05. The standard InChI is InChI=1S/C25H35F2N5O4/c1-16(2)8-12-31(28)22-29-19(18-15-35-13-9-20(18)33)14-21(30-22)32(23(34)36-24(3,4)5)17-6-10-25(26,27)11-7-17/h8,12,14,17-18H,1,6-7,9-11,13,15,28H2,2-5H3/b12-8-. The molecule has 1 aromatic rings. The van der Waals surface area contributed by atoms with E-state index in [0.717, 1.165) is 10.6 Å². The van der Waals surface area contributed by atoms with E-state index in [0.29, 0.717) is 12.3 Å². The van der Waals surface area contributed by atoms with E-state index < -0.39 is 29.6 Å². The summed E-state index contributed by atoms with van der Waals surface area (Å²) < 4.78 is 39.0. The number of ether oxygens (including phenoxy) is 2. The molecule has 36 heavy (non-hydrogen) atoms. The Bertz CT molecular complexity index is 1010. The molecule has 0 radical (unpaired) electrons. The van der Waals surface area contributed by atoms with Crippen LogP contribution in [0.1, 0.15) is 71.4 Å². The number of aromatic nitrogens is 2. The summed E-state index contributed by atoms with van der Waals surface area (Å²) in [4.78, 5) is 36.3. The number of carbonyl (C=O) groups is 2. The highest BCUT2D eigenvalue weighted by Crippen LogP contribution is 2.37. The molecule has 1 saturated carbocycles. The van der Waals surface area contributed by atoms with Crippen molar-refractivity contribution in [2.45, 2.75) is 83.3 Å². The number of ketones is 1. The minimum atomic E-state index is -2.79. The van der Waals surface area contributed by atoms with Crippen LogP contribution in [0.15, 0.2) is 30.5 Å².